The first-order valence-electron chi connectivity index (χ1n) is 9.96. The molecule has 0 atom stereocenters. The molecule has 2 aromatic carbocycles. The van der Waals surface area contributed by atoms with Gasteiger partial charge in [0.15, 0.2) is 0 Å². The van der Waals surface area contributed by atoms with E-state index in [9.17, 15) is 14.4 Å². The summed E-state index contributed by atoms with van der Waals surface area (Å²) in [6.45, 7) is 5.12. The van der Waals surface area contributed by atoms with Gasteiger partial charge in [0.2, 0.25) is 0 Å². The highest BCUT2D eigenvalue weighted by atomic mass is 16.5. The molecule has 0 spiro atoms. The fraction of sp³-hybridized carbons (Fsp3) is 0.250. The Morgan fingerprint density at radius 3 is 2.52 bits per heavy atom. The van der Waals surface area contributed by atoms with Crippen molar-refractivity contribution in [2.75, 3.05) is 13.2 Å². The van der Waals surface area contributed by atoms with Crippen molar-refractivity contribution in [3.05, 3.63) is 76.5 Å². The van der Waals surface area contributed by atoms with Gasteiger partial charge in [0.05, 0.1) is 23.4 Å². The van der Waals surface area contributed by atoms with E-state index in [1.165, 1.54) is 0 Å². The van der Waals surface area contributed by atoms with Crippen LogP contribution in [0, 0.1) is 13.8 Å². The fourth-order valence-electron chi connectivity index (χ4n) is 3.26. The van der Waals surface area contributed by atoms with Crippen LogP contribution in [0.5, 0.6) is 0 Å². The van der Waals surface area contributed by atoms with Gasteiger partial charge in [-0.1, -0.05) is 35.9 Å². The van der Waals surface area contributed by atoms with Gasteiger partial charge in [0.25, 0.3) is 5.91 Å². The monoisotopic (exact) mass is 420 g/mol. The van der Waals surface area contributed by atoms with Crippen LogP contribution in [0.15, 0.2) is 48.5 Å². The summed E-state index contributed by atoms with van der Waals surface area (Å²) in [6, 6.07) is 14.5. The predicted molar refractivity (Wildman–Crippen MR) is 116 cm³/mol. The number of para-hydroxylation sites is 1. The Balaban J connectivity index is 1.72. The quantitative estimate of drug-likeness (QED) is 0.588. The standard InChI is InChI=1S/C24H24N2O5/c1-4-30-24(29)22-16(3)18-10-5-6-11-19(18)26-20(22)14-31-21(27)13-25-23(28)17-9-7-8-15(2)12-17/h5-12H,4,13-14H2,1-3H3,(H,25,28). The second-order valence-electron chi connectivity index (χ2n) is 7.01. The van der Waals surface area contributed by atoms with Crippen LogP contribution in [0.2, 0.25) is 0 Å². The first kappa shape index (κ1) is 22.0. The van der Waals surface area contributed by atoms with E-state index in [1.807, 2.05) is 44.2 Å². The zero-order valence-corrected chi connectivity index (χ0v) is 17.7. The van der Waals surface area contributed by atoms with Crippen LogP contribution in [0.4, 0.5) is 0 Å². The van der Waals surface area contributed by atoms with Crippen LogP contribution in [0.3, 0.4) is 0 Å². The minimum absolute atomic E-state index is 0.209. The number of benzene rings is 2. The number of nitrogens with zero attached hydrogens (tertiary/aromatic N) is 1. The SMILES string of the molecule is CCOC(=O)c1c(COC(=O)CNC(=O)c2cccc(C)c2)nc2ccccc2c1C. The van der Waals surface area contributed by atoms with Crippen molar-refractivity contribution in [1.82, 2.24) is 10.3 Å². The molecular formula is C24H24N2O5. The van der Waals surface area contributed by atoms with E-state index in [0.29, 0.717) is 22.3 Å². The van der Waals surface area contributed by atoms with Gasteiger partial charge in [-0.2, -0.15) is 0 Å². The minimum atomic E-state index is -0.636. The van der Waals surface area contributed by atoms with E-state index in [1.54, 1.807) is 25.1 Å². The molecule has 1 heterocycles. The number of pyridine rings is 1. The molecule has 0 bridgehead atoms. The summed E-state index contributed by atoms with van der Waals surface area (Å²) in [5, 5.41) is 3.36. The van der Waals surface area contributed by atoms with E-state index in [-0.39, 0.29) is 31.2 Å². The maximum atomic E-state index is 12.5. The van der Waals surface area contributed by atoms with E-state index < -0.39 is 11.9 Å². The number of carbonyl (C=O) groups is 3. The normalized spacial score (nSPS) is 10.5. The molecule has 0 saturated carbocycles. The lowest BCUT2D eigenvalue weighted by molar-refractivity contribution is -0.143. The molecule has 0 unspecified atom stereocenters. The zero-order chi connectivity index (χ0) is 22.4. The Kier molecular flexibility index (Phi) is 6.97. The number of hydrogen-bond acceptors (Lipinski definition) is 6. The molecule has 0 aliphatic carbocycles. The number of hydrogen-bond donors (Lipinski definition) is 1. The number of nitrogens with one attached hydrogen (secondary N) is 1. The molecule has 160 valence electrons. The zero-order valence-electron chi connectivity index (χ0n) is 17.7. The first-order valence-corrected chi connectivity index (χ1v) is 9.96. The second kappa shape index (κ2) is 9.84. The van der Waals surface area contributed by atoms with E-state index in [0.717, 1.165) is 10.9 Å². The smallest absolute Gasteiger partial charge is 0.340 e. The Morgan fingerprint density at radius 1 is 1.00 bits per heavy atom. The van der Waals surface area contributed by atoms with Crippen molar-refractivity contribution < 1.29 is 23.9 Å². The Bertz CT molecular complexity index is 1140. The fourth-order valence-corrected chi connectivity index (χ4v) is 3.26. The van der Waals surface area contributed by atoms with Gasteiger partial charge in [-0.3, -0.25) is 9.59 Å². The van der Waals surface area contributed by atoms with Crippen LogP contribution < -0.4 is 5.32 Å². The Labute approximate surface area is 180 Å². The van der Waals surface area contributed by atoms with Crippen LogP contribution in [-0.2, 0) is 20.9 Å². The average molecular weight is 420 g/mol. The van der Waals surface area contributed by atoms with Crippen molar-refractivity contribution in [3.63, 3.8) is 0 Å². The van der Waals surface area contributed by atoms with Crippen molar-refractivity contribution in [3.8, 4) is 0 Å². The number of fused-ring (bicyclic) bond motifs is 1. The number of ether oxygens (including phenoxy) is 2. The highest BCUT2D eigenvalue weighted by molar-refractivity contribution is 5.98. The molecule has 3 aromatic rings. The van der Waals surface area contributed by atoms with Gasteiger partial charge >= 0.3 is 11.9 Å². The van der Waals surface area contributed by atoms with Gasteiger partial charge in [0.1, 0.15) is 13.2 Å². The Morgan fingerprint density at radius 2 is 1.77 bits per heavy atom. The number of rotatable bonds is 7. The van der Waals surface area contributed by atoms with Crippen molar-refractivity contribution in [2.45, 2.75) is 27.4 Å². The van der Waals surface area contributed by atoms with Crippen molar-refractivity contribution in [1.29, 1.82) is 0 Å². The van der Waals surface area contributed by atoms with Crippen molar-refractivity contribution >= 4 is 28.7 Å². The second-order valence-corrected chi connectivity index (χ2v) is 7.01. The molecule has 0 fully saturated rings. The number of esters is 2. The predicted octanol–water partition coefficient (Wildman–Crippen LogP) is 3.50. The van der Waals surface area contributed by atoms with Gasteiger partial charge < -0.3 is 14.8 Å². The summed E-state index contributed by atoms with van der Waals surface area (Å²) < 4.78 is 10.5. The van der Waals surface area contributed by atoms with Crippen molar-refractivity contribution in [2.24, 2.45) is 0 Å². The first-order chi connectivity index (χ1) is 14.9. The lowest BCUT2D eigenvalue weighted by Crippen LogP contribution is -2.30. The maximum absolute atomic E-state index is 12.5. The number of aromatic nitrogens is 1. The molecular weight excluding hydrogens is 396 g/mol. The van der Waals surface area contributed by atoms with E-state index in [4.69, 9.17) is 9.47 Å². The summed E-state index contributed by atoms with van der Waals surface area (Å²) in [6.07, 6.45) is 0. The lowest BCUT2D eigenvalue weighted by Gasteiger charge is -2.14. The Hall–Kier alpha value is -3.74. The number of aryl methyl sites for hydroxylation is 2. The maximum Gasteiger partial charge on any atom is 0.340 e. The third-order valence-electron chi connectivity index (χ3n) is 4.75. The van der Waals surface area contributed by atoms with Gasteiger partial charge in [-0.15, -0.1) is 0 Å². The molecule has 0 aliphatic rings. The van der Waals surface area contributed by atoms with Crippen LogP contribution >= 0.6 is 0 Å². The number of carbonyl (C=O) groups excluding carboxylic acids is 3. The van der Waals surface area contributed by atoms with E-state index in [2.05, 4.69) is 10.3 Å². The van der Waals surface area contributed by atoms with Gasteiger partial charge in [0, 0.05) is 10.9 Å². The average Bonchev–Trinajstić information content (AvgIpc) is 2.76. The third kappa shape index (κ3) is 5.25. The van der Waals surface area contributed by atoms with Gasteiger partial charge in [-0.05, 0) is 44.5 Å². The molecule has 0 radical (unpaired) electrons. The molecule has 3 rings (SSSR count). The topological polar surface area (TPSA) is 94.6 Å². The van der Waals surface area contributed by atoms with E-state index >= 15 is 0 Å². The summed E-state index contributed by atoms with van der Waals surface area (Å²) in [5.74, 6) is -1.52. The molecule has 1 amide bonds. The highest BCUT2D eigenvalue weighted by Gasteiger charge is 2.21. The third-order valence-corrected chi connectivity index (χ3v) is 4.75. The lowest BCUT2D eigenvalue weighted by atomic mass is 10.0. The van der Waals surface area contributed by atoms with Crippen LogP contribution in [0.1, 0.15) is 44.5 Å². The summed E-state index contributed by atoms with van der Waals surface area (Å²) >= 11 is 0. The molecule has 7 heteroatoms. The summed E-state index contributed by atoms with van der Waals surface area (Å²) in [7, 11) is 0. The molecule has 0 saturated heterocycles. The summed E-state index contributed by atoms with van der Waals surface area (Å²) in [4.78, 5) is 41.4. The largest absolute Gasteiger partial charge is 0.462 e. The van der Waals surface area contributed by atoms with Gasteiger partial charge in [-0.25, -0.2) is 9.78 Å². The molecule has 31 heavy (non-hydrogen) atoms. The molecule has 1 N–H and O–H groups in total. The highest BCUT2D eigenvalue weighted by Crippen LogP contribution is 2.24. The molecule has 7 nitrogen and oxygen atoms in total. The molecule has 0 aliphatic heterocycles. The minimum Gasteiger partial charge on any atom is -0.462 e. The van der Waals surface area contributed by atoms with Crippen LogP contribution in [-0.4, -0.2) is 36.0 Å². The number of amides is 1. The van der Waals surface area contributed by atoms with Crippen LogP contribution in [0.25, 0.3) is 10.9 Å². The summed E-state index contributed by atoms with van der Waals surface area (Å²) in [5.41, 5.74) is 3.41. The molecule has 1 aromatic heterocycles.